The van der Waals surface area contributed by atoms with Crippen molar-refractivity contribution in [2.75, 3.05) is 12.8 Å². The smallest absolute Gasteiger partial charge is 0.211 e. The average molecular weight is 352 g/mol. The zero-order chi connectivity index (χ0) is 16.4. The number of benzene rings is 1. The van der Waals surface area contributed by atoms with Gasteiger partial charge in [-0.05, 0) is 18.4 Å². The highest BCUT2D eigenvalue weighted by Crippen LogP contribution is 2.34. The third-order valence-electron chi connectivity index (χ3n) is 4.01. The van der Waals surface area contributed by atoms with Gasteiger partial charge in [0.1, 0.15) is 0 Å². The summed E-state index contributed by atoms with van der Waals surface area (Å²) in [6, 6.07) is 9.97. The SMILES string of the molecule is Cn1c(SCc2ccccc2)nnc1[C@@H]1CCCN1S(C)(=O)=O. The summed E-state index contributed by atoms with van der Waals surface area (Å²) in [5.41, 5.74) is 1.22. The standard InChI is InChI=1S/C15H20N4O2S2/c1-18-14(13-9-6-10-19(13)23(2,20)21)16-17-15(18)22-11-12-7-4-3-5-8-12/h3-5,7-8,13H,6,9-11H2,1-2H3/t13-/m0/s1. The van der Waals surface area contributed by atoms with E-state index < -0.39 is 10.0 Å². The molecule has 1 fully saturated rings. The largest absolute Gasteiger partial charge is 0.308 e. The molecule has 1 aromatic heterocycles. The van der Waals surface area contributed by atoms with Gasteiger partial charge in [-0.1, -0.05) is 42.1 Å². The van der Waals surface area contributed by atoms with Crippen LogP contribution in [0.1, 0.15) is 30.3 Å². The van der Waals surface area contributed by atoms with E-state index in [1.807, 2.05) is 29.8 Å². The summed E-state index contributed by atoms with van der Waals surface area (Å²) in [7, 11) is -1.31. The van der Waals surface area contributed by atoms with Crippen LogP contribution < -0.4 is 0 Å². The van der Waals surface area contributed by atoms with E-state index in [2.05, 4.69) is 22.3 Å². The van der Waals surface area contributed by atoms with Gasteiger partial charge in [0.25, 0.3) is 0 Å². The molecular weight excluding hydrogens is 332 g/mol. The lowest BCUT2D eigenvalue weighted by molar-refractivity contribution is 0.378. The fourth-order valence-corrected chi connectivity index (χ4v) is 4.86. The van der Waals surface area contributed by atoms with Crippen LogP contribution in [0.2, 0.25) is 0 Å². The molecule has 2 aromatic rings. The van der Waals surface area contributed by atoms with Gasteiger partial charge in [-0.3, -0.25) is 0 Å². The molecule has 0 spiro atoms. The third-order valence-corrected chi connectivity index (χ3v) is 6.39. The van der Waals surface area contributed by atoms with Gasteiger partial charge in [-0.25, -0.2) is 8.42 Å². The highest BCUT2D eigenvalue weighted by Gasteiger charge is 2.35. The molecule has 2 heterocycles. The Labute approximate surface area is 141 Å². The molecule has 0 N–H and O–H groups in total. The van der Waals surface area contributed by atoms with Gasteiger partial charge in [-0.15, -0.1) is 10.2 Å². The maximum atomic E-state index is 11.9. The number of hydrogen-bond acceptors (Lipinski definition) is 5. The molecule has 8 heteroatoms. The minimum Gasteiger partial charge on any atom is -0.308 e. The molecule has 1 aromatic carbocycles. The summed E-state index contributed by atoms with van der Waals surface area (Å²) >= 11 is 1.61. The molecule has 1 aliphatic rings. The van der Waals surface area contributed by atoms with Crippen LogP contribution in [0.3, 0.4) is 0 Å². The van der Waals surface area contributed by atoms with E-state index in [0.29, 0.717) is 6.54 Å². The van der Waals surface area contributed by atoms with Crippen LogP contribution in [0.25, 0.3) is 0 Å². The summed E-state index contributed by atoms with van der Waals surface area (Å²) < 4.78 is 27.3. The summed E-state index contributed by atoms with van der Waals surface area (Å²) in [5, 5.41) is 9.32. The predicted molar refractivity (Wildman–Crippen MR) is 90.5 cm³/mol. The Balaban J connectivity index is 1.77. The molecule has 1 saturated heterocycles. The topological polar surface area (TPSA) is 68.1 Å². The number of rotatable bonds is 5. The number of thioether (sulfide) groups is 1. The first-order valence-electron chi connectivity index (χ1n) is 7.49. The highest BCUT2D eigenvalue weighted by molar-refractivity contribution is 7.98. The Kier molecular flexibility index (Phi) is 4.74. The lowest BCUT2D eigenvalue weighted by atomic mass is 10.2. The van der Waals surface area contributed by atoms with Crippen LogP contribution in [0, 0.1) is 0 Å². The van der Waals surface area contributed by atoms with Gasteiger partial charge in [0.2, 0.25) is 10.0 Å². The fourth-order valence-electron chi connectivity index (χ4n) is 2.86. The van der Waals surface area contributed by atoms with Crippen LogP contribution in [0.4, 0.5) is 0 Å². The molecule has 1 aliphatic heterocycles. The van der Waals surface area contributed by atoms with Gasteiger partial charge in [-0.2, -0.15) is 4.31 Å². The molecule has 0 saturated carbocycles. The van der Waals surface area contributed by atoms with Crippen molar-refractivity contribution in [1.82, 2.24) is 19.1 Å². The fraction of sp³-hybridized carbons (Fsp3) is 0.467. The van der Waals surface area contributed by atoms with Crippen molar-refractivity contribution < 1.29 is 8.42 Å². The van der Waals surface area contributed by atoms with Gasteiger partial charge in [0.05, 0.1) is 12.3 Å². The minimum atomic E-state index is -3.22. The molecule has 0 amide bonds. The first kappa shape index (κ1) is 16.5. The molecule has 124 valence electrons. The first-order chi connectivity index (χ1) is 11.0. The van der Waals surface area contributed by atoms with Crippen molar-refractivity contribution in [2.45, 2.75) is 29.8 Å². The highest BCUT2D eigenvalue weighted by atomic mass is 32.2. The Bertz CT molecular complexity index is 774. The molecule has 3 rings (SSSR count). The van der Waals surface area contributed by atoms with Gasteiger partial charge in [0, 0.05) is 19.3 Å². The van der Waals surface area contributed by atoms with E-state index >= 15 is 0 Å². The van der Waals surface area contributed by atoms with Crippen molar-refractivity contribution in [2.24, 2.45) is 7.05 Å². The van der Waals surface area contributed by atoms with Crippen molar-refractivity contribution in [3.63, 3.8) is 0 Å². The predicted octanol–water partition coefficient (Wildman–Crippen LogP) is 2.20. The van der Waals surface area contributed by atoms with Crippen LogP contribution in [-0.2, 0) is 22.8 Å². The molecule has 0 bridgehead atoms. The zero-order valence-electron chi connectivity index (χ0n) is 13.2. The number of aromatic nitrogens is 3. The number of hydrogen-bond donors (Lipinski definition) is 0. The van der Waals surface area contributed by atoms with Crippen LogP contribution >= 0.6 is 11.8 Å². The Morgan fingerprint density at radius 3 is 2.70 bits per heavy atom. The van der Waals surface area contributed by atoms with E-state index in [1.165, 1.54) is 16.1 Å². The second-order valence-corrected chi connectivity index (χ2v) is 8.58. The lowest BCUT2D eigenvalue weighted by Gasteiger charge is -2.21. The maximum Gasteiger partial charge on any atom is 0.211 e. The van der Waals surface area contributed by atoms with Crippen molar-refractivity contribution in [3.8, 4) is 0 Å². The maximum absolute atomic E-state index is 11.9. The molecule has 23 heavy (non-hydrogen) atoms. The van der Waals surface area contributed by atoms with E-state index in [4.69, 9.17) is 0 Å². The minimum absolute atomic E-state index is 0.200. The van der Waals surface area contributed by atoms with E-state index in [1.54, 1.807) is 11.8 Å². The number of sulfonamides is 1. The molecule has 6 nitrogen and oxygen atoms in total. The van der Waals surface area contributed by atoms with E-state index in [9.17, 15) is 8.42 Å². The lowest BCUT2D eigenvalue weighted by Crippen LogP contribution is -2.30. The van der Waals surface area contributed by atoms with Crippen molar-refractivity contribution in [1.29, 1.82) is 0 Å². The van der Waals surface area contributed by atoms with Crippen LogP contribution in [0.5, 0.6) is 0 Å². The molecule has 1 atom stereocenters. The van der Waals surface area contributed by atoms with Crippen LogP contribution in [0.15, 0.2) is 35.5 Å². The Morgan fingerprint density at radius 2 is 2.00 bits per heavy atom. The first-order valence-corrected chi connectivity index (χ1v) is 10.3. The summed E-state index contributed by atoms with van der Waals surface area (Å²) in [5.74, 6) is 1.54. The summed E-state index contributed by atoms with van der Waals surface area (Å²) in [6.07, 6.45) is 2.91. The monoisotopic (exact) mass is 352 g/mol. The Hall–Kier alpha value is -1.38. The molecule has 0 aliphatic carbocycles. The normalized spacial score (nSPS) is 19.3. The van der Waals surface area contributed by atoms with E-state index in [-0.39, 0.29) is 6.04 Å². The zero-order valence-corrected chi connectivity index (χ0v) is 14.8. The summed E-state index contributed by atoms with van der Waals surface area (Å²) in [6.45, 7) is 0.558. The average Bonchev–Trinajstić information content (AvgIpc) is 3.12. The van der Waals surface area contributed by atoms with Crippen molar-refractivity contribution in [3.05, 3.63) is 41.7 Å². The van der Waals surface area contributed by atoms with Gasteiger partial charge in [0.15, 0.2) is 11.0 Å². The Morgan fingerprint density at radius 1 is 1.26 bits per heavy atom. The second-order valence-electron chi connectivity index (χ2n) is 5.71. The van der Waals surface area contributed by atoms with Crippen LogP contribution in [-0.4, -0.2) is 40.3 Å². The van der Waals surface area contributed by atoms with Gasteiger partial charge >= 0.3 is 0 Å². The molecule has 0 unspecified atom stereocenters. The van der Waals surface area contributed by atoms with E-state index in [0.717, 1.165) is 29.6 Å². The second kappa shape index (κ2) is 6.62. The van der Waals surface area contributed by atoms with Crippen molar-refractivity contribution >= 4 is 21.8 Å². The molecule has 0 radical (unpaired) electrons. The quantitative estimate of drug-likeness (QED) is 0.772. The van der Waals surface area contributed by atoms with Gasteiger partial charge < -0.3 is 4.57 Å². The third kappa shape index (κ3) is 3.59. The summed E-state index contributed by atoms with van der Waals surface area (Å²) in [4.78, 5) is 0. The number of nitrogens with zero attached hydrogens (tertiary/aromatic N) is 4. The molecular formula is C15H20N4O2S2.